The number of anilines is 2. The first kappa shape index (κ1) is 12.8. The van der Waals surface area contributed by atoms with Crippen molar-refractivity contribution in [2.75, 3.05) is 23.7 Å². The molecule has 0 aliphatic heterocycles. The van der Waals surface area contributed by atoms with Crippen molar-refractivity contribution in [1.29, 1.82) is 0 Å². The molecule has 0 radical (unpaired) electrons. The summed E-state index contributed by atoms with van der Waals surface area (Å²) in [5, 5.41) is 0. The molecule has 16 heavy (non-hydrogen) atoms. The van der Waals surface area contributed by atoms with E-state index in [1.807, 2.05) is 12.1 Å². The first-order chi connectivity index (χ1) is 7.72. The molecule has 1 aromatic rings. The molecule has 0 aromatic carbocycles. The molecule has 0 atom stereocenters. The standard InChI is InChI=1S/C13H23N3/c1-4-11(5-2)10-16(6-3)13-12(14)8-7-9-15-13/h7-9,11H,4-6,10,14H2,1-3H3. The van der Waals surface area contributed by atoms with Crippen LogP contribution in [0.2, 0.25) is 0 Å². The summed E-state index contributed by atoms with van der Waals surface area (Å²) in [5.41, 5.74) is 6.72. The highest BCUT2D eigenvalue weighted by atomic mass is 15.2. The quantitative estimate of drug-likeness (QED) is 0.803. The van der Waals surface area contributed by atoms with Crippen LogP contribution in [0.25, 0.3) is 0 Å². The summed E-state index contributed by atoms with van der Waals surface area (Å²) >= 11 is 0. The molecule has 3 heteroatoms. The minimum Gasteiger partial charge on any atom is -0.396 e. The number of nitrogens with two attached hydrogens (primary N) is 1. The minimum absolute atomic E-state index is 0.723. The summed E-state index contributed by atoms with van der Waals surface area (Å²) in [6.07, 6.45) is 4.22. The van der Waals surface area contributed by atoms with Gasteiger partial charge in [-0.1, -0.05) is 26.7 Å². The Morgan fingerprint density at radius 2 is 2.00 bits per heavy atom. The molecule has 1 aromatic heterocycles. The molecule has 3 nitrogen and oxygen atoms in total. The monoisotopic (exact) mass is 221 g/mol. The van der Waals surface area contributed by atoms with Gasteiger partial charge in [-0.3, -0.25) is 0 Å². The second-order valence-electron chi connectivity index (χ2n) is 4.14. The van der Waals surface area contributed by atoms with Crippen molar-refractivity contribution in [2.24, 2.45) is 5.92 Å². The van der Waals surface area contributed by atoms with Gasteiger partial charge < -0.3 is 10.6 Å². The SMILES string of the molecule is CCC(CC)CN(CC)c1ncccc1N. The van der Waals surface area contributed by atoms with Crippen molar-refractivity contribution >= 4 is 11.5 Å². The van der Waals surface area contributed by atoms with Gasteiger partial charge in [0.1, 0.15) is 0 Å². The summed E-state index contributed by atoms with van der Waals surface area (Å²) < 4.78 is 0. The maximum Gasteiger partial charge on any atom is 0.151 e. The molecule has 1 heterocycles. The summed E-state index contributed by atoms with van der Waals surface area (Å²) in [4.78, 5) is 6.64. The highest BCUT2D eigenvalue weighted by molar-refractivity contribution is 5.62. The van der Waals surface area contributed by atoms with Crippen LogP contribution in [0.4, 0.5) is 11.5 Å². The lowest BCUT2D eigenvalue weighted by Gasteiger charge is -2.27. The molecule has 2 N–H and O–H groups in total. The van der Waals surface area contributed by atoms with Gasteiger partial charge in [0, 0.05) is 19.3 Å². The van der Waals surface area contributed by atoms with Crippen LogP contribution in [0.3, 0.4) is 0 Å². The molecule has 1 rings (SSSR count). The maximum absolute atomic E-state index is 5.95. The fraction of sp³-hybridized carbons (Fsp3) is 0.615. The van der Waals surface area contributed by atoms with Gasteiger partial charge in [0.15, 0.2) is 5.82 Å². The summed E-state index contributed by atoms with van der Waals surface area (Å²) in [7, 11) is 0. The van der Waals surface area contributed by atoms with Gasteiger partial charge >= 0.3 is 0 Å². The zero-order valence-electron chi connectivity index (χ0n) is 10.6. The molecular weight excluding hydrogens is 198 g/mol. The molecular formula is C13H23N3. The number of pyridine rings is 1. The Morgan fingerprint density at radius 1 is 1.31 bits per heavy atom. The van der Waals surface area contributed by atoms with E-state index in [4.69, 9.17) is 5.73 Å². The van der Waals surface area contributed by atoms with Crippen LogP contribution in [0.5, 0.6) is 0 Å². The Hall–Kier alpha value is -1.25. The van der Waals surface area contributed by atoms with Crippen molar-refractivity contribution in [2.45, 2.75) is 33.6 Å². The molecule has 0 amide bonds. The predicted molar refractivity (Wildman–Crippen MR) is 70.6 cm³/mol. The summed E-state index contributed by atoms with van der Waals surface area (Å²) in [6, 6.07) is 3.79. The maximum atomic E-state index is 5.95. The fourth-order valence-corrected chi connectivity index (χ4v) is 1.90. The molecule has 0 fully saturated rings. The van der Waals surface area contributed by atoms with Gasteiger partial charge in [0.05, 0.1) is 5.69 Å². The molecule has 0 aliphatic carbocycles. The van der Waals surface area contributed by atoms with Crippen molar-refractivity contribution in [1.82, 2.24) is 4.98 Å². The van der Waals surface area contributed by atoms with Gasteiger partial charge in [-0.05, 0) is 25.0 Å². The summed E-state index contributed by atoms with van der Waals surface area (Å²) in [5.74, 6) is 1.65. The van der Waals surface area contributed by atoms with Crippen LogP contribution in [0, 0.1) is 5.92 Å². The number of hydrogen-bond donors (Lipinski definition) is 1. The Balaban J connectivity index is 2.78. The number of rotatable bonds is 6. The van der Waals surface area contributed by atoms with Crippen LogP contribution >= 0.6 is 0 Å². The van der Waals surface area contributed by atoms with E-state index in [0.717, 1.165) is 30.5 Å². The second kappa shape index (κ2) is 6.36. The molecule has 90 valence electrons. The lowest BCUT2D eigenvalue weighted by molar-refractivity contribution is 0.485. The van der Waals surface area contributed by atoms with Gasteiger partial charge in [0.2, 0.25) is 0 Å². The molecule has 0 bridgehead atoms. The van der Waals surface area contributed by atoms with Crippen molar-refractivity contribution in [3.63, 3.8) is 0 Å². The van der Waals surface area contributed by atoms with Crippen molar-refractivity contribution < 1.29 is 0 Å². The number of aromatic nitrogens is 1. The van der Waals surface area contributed by atoms with Crippen molar-refractivity contribution in [3.05, 3.63) is 18.3 Å². The zero-order chi connectivity index (χ0) is 12.0. The predicted octanol–water partition coefficient (Wildman–Crippen LogP) is 2.93. The zero-order valence-corrected chi connectivity index (χ0v) is 10.6. The average Bonchev–Trinajstić information content (AvgIpc) is 2.32. The fourth-order valence-electron chi connectivity index (χ4n) is 1.90. The van der Waals surface area contributed by atoms with Gasteiger partial charge in [-0.2, -0.15) is 0 Å². The molecule has 0 saturated heterocycles. The van der Waals surface area contributed by atoms with E-state index in [9.17, 15) is 0 Å². The molecule has 0 saturated carbocycles. The molecule has 0 unspecified atom stereocenters. The largest absolute Gasteiger partial charge is 0.396 e. The lowest BCUT2D eigenvalue weighted by atomic mass is 10.0. The van der Waals surface area contributed by atoms with Gasteiger partial charge in [0.25, 0.3) is 0 Å². The Bertz CT molecular complexity index is 308. The first-order valence-corrected chi connectivity index (χ1v) is 6.18. The second-order valence-corrected chi connectivity index (χ2v) is 4.14. The van der Waals surface area contributed by atoms with Crippen LogP contribution in [0.1, 0.15) is 33.6 Å². The van der Waals surface area contributed by atoms with Crippen LogP contribution in [-0.4, -0.2) is 18.1 Å². The smallest absolute Gasteiger partial charge is 0.151 e. The van der Waals surface area contributed by atoms with Gasteiger partial charge in [-0.15, -0.1) is 0 Å². The highest BCUT2D eigenvalue weighted by Gasteiger charge is 2.13. The Kier molecular flexibility index (Phi) is 5.09. The Labute approximate surface area is 98.7 Å². The third-order valence-corrected chi connectivity index (χ3v) is 3.13. The van der Waals surface area contributed by atoms with E-state index in [2.05, 4.69) is 30.7 Å². The van der Waals surface area contributed by atoms with E-state index in [1.54, 1.807) is 6.20 Å². The number of nitrogen functional groups attached to an aromatic ring is 1. The normalized spacial score (nSPS) is 10.8. The topological polar surface area (TPSA) is 42.2 Å². The first-order valence-electron chi connectivity index (χ1n) is 6.18. The third kappa shape index (κ3) is 3.12. The van der Waals surface area contributed by atoms with Gasteiger partial charge in [-0.25, -0.2) is 4.98 Å². The van der Waals surface area contributed by atoms with E-state index >= 15 is 0 Å². The van der Waals surface area contributed by atoms with E-state index in [-0.39, 0.29) is 0 Å². The Morgan fingerprint density at radius 3 is 2.50 bits per heavy atom. The molecule has 0 spiro atoms. The lowest BCUT2D eigenvalue weighted by Crippen LogP contribution is -2.30. The van der Waals surface area contributed by atoms with E-state index < -0.39 is 0 Å². The van der Waals surface area contributed by atoms with Crippen molar-refractivity contribution in [3.8, 4) is 0 Å². The van der Waals surface area contributed by atoms with E-state index in [0.29, 0.717) is 0 Å². The van der Waals surface area contributed by atoms with Crippen LogP contribution < -0.4 is 10.6 Å². The highest BCUT2D eigenvalue weighted by Crippen LogP contribution is 2.21. The average molecular weight is 221 g/mol. The molecule has 0 aliphatic rings. The third-order valence-electron chi connectivity index (χ3n) is 3.13. The minimum atomic E-state index is 0.723. The van der Waals surface area contributed by atoms with Crippen LogP contribution in [-0.2, 0) is 0 Å². The summed E-state index contributed by atoms with van der Waals surface area (Å²) in [6.45, 7) is 8.63. The van der Waals surface area contributed by atoms with Crippen LogP contribution in [0.15, 0.2) is 18.3 Å². The number of hydrogen-bond acceptors (Lipinski definition) is 3. The van der Waals surface area contributed by atoms with E-state index in [1.165, 1.54) is 12.8 Å². The number of nitrogens with zero attached hydrogens (tertiary/aromatic N) is 2.